The second kappa shape index (κ2) is 9.95. The second-order valence-corrected chi connectivity index (χ2v) is 7.65. The highest BCUT2D eigenvalue weighted by molar-refractivity contribution is 7.10. The van der Waals surface area contributed by atoms with Crippen LogP contribution in [0.5, 0.6) is 5.75 Å². The second-order valence-electron chi connectivity index (χ2n) is 6.67. The smallest absolute Gasteiger partial charge is 0.134 e. The first-order valence-electron chi connectivity index (χ1n) is 9.58. The van der Waals surface area contributed by atoms with E-state index < -0.39 is 0 Å². The number of para-hydroxylation sites is 1. The Morgan fingerprint density at radius 1 is 1.16 bits per heavy atom. The van der Waals surface area contributed by atoms with Gasteiger partial charge in [0.1, 0.15) is 11.9 Å². The quantitative estimate of drug-likeness (QED) is 0.633. The van der Waals surface area contributed by atoms with Crippen molar-refractivity contribution in [2.45, 2.75) is 38.7 Å². The molecule has 0 radical (unpaired) electrons. The molecule has 1 unspecified atom stereocenters. The summed E-state index contributed by atoms with van der Waals surface area (Å²) in [5, 5.41) is 5.56. The van der Waals surface area contributed by atoms with E-state index in [9.17, 15) is 0 Å². The zero-order chi connectivity index (χ0) is 17.3. The molecule has 136 valence electrons. The molecule has 3 rings (SSSR count). The Kier molecular flexibility index (Phi) is 7.34. The third-order valence-corrected chi connectivity index (χ3v) is 5.80. The van der Waals surface area contributed by atoms with Gasteiger partial charge in [-0.2, -0.15) is 0 Å². The van der Waals surface area contributed by atoms with E-state index >= 15 is 0 Å². The monoisotopic (exact) mass is 358 g/mol. The standard InChI is InChI=1S/C21H30N2OS/c1-2-22-13-11-20(21-10-7-17-25-21)24-19-9-4-3-8-18(19)12-16-23-14-5-6-15-23/h3-4,7-10,17,20,22H,2,5-6,11-16H2,1H3. The van der Waals surface area contributed by atoms with Gasteiger partial charge in [-0.3, -0.25) is 0 Å². The number of likely N-dealkylation sites (tertiary alicyclic amines) is 1. The van der Waals surface area contributed by atoms with Crippen LogP contribution in [0.1, 0.15) is 42.7 Å². The van der Waals surface area contributed by atoms with Gasteiger partial charge in [-0.1, -0.05) is 31.2 Å². The minimum Gasteiger partial charge on any atom is -0.485 e. The zero-order valence-corrected chi connectivity index (χ0v) is 16.1. The Labute approximate surface area is 156 Å². The highest BCUT2D eigenvalue weighted by Gasteiger charge is 2.17. The van der Waals surface area contributed by atoms with Crippen LogP contribution in [0.4, 0.5) is 0 Å². The van der Waals surface area contributed by atoms with Crippen molar-refractivity contribution in [3.05, 3.63) is 52.2 Å². The first kappa shape index (κ1) is 18.4. The fraction of sp³-hybridized carbons (Fsp3) is 0.524. The van der Waals surface area contributed by atoms with Crippen molar-refractivity contribution in [1.29, 1.82) is 0 Å². The Bertz CT molecular complexity index is 608. The van der Waals surface area contributed by atoms with E-state index in [1.165, 1.54) is 36.4 Å². The van der Waals surface area contributed by atoms with Gasteiger partial charge in [-0.25, -0.2) is 0 Å². The largest absolute Gasteiger partial charge is 0.485 e. The summed E-state index contributed by atoms with van der Waals surface area (Å²) in [6.45, 7) is 7.78. The van der Waals surface area contributed by atoms with Crippen molar-refractivity contribution >= 4 is 11.3 Å². The molecule has 3 nitrogen and oxygen atoms in total. The van der Waals surface area contributed by atoms with E-state index in [4.69, 9.17) is 4.74 Å². The number of benzene rings is 1. The maximum Gasteiger partial charge on any atom is 0.134 e. The van der Waals surface area contributed by atoms with Gasteiger partial charge < -0.3 is 15.0 Å². The summed E-state index contributed by atoms with van der Waals surface area (Å²) in [6.07, 6.45) is 4.90. The lowest BCUT2D eigenvalue weighted by Crippen LogP contribution is -2.22. The Morgan fingerprint density at radius 2 is 2.00 bits per heavy atom. The molecule has 0 amide bonds. The first-order valence-corrected chi connectivity index (χ1v) is 10.5. The maximum absolute atomic E-state index is 6.50. The van der Waals surface area contributed by atoms with Gasteiger partial charge in [0.05, 0.1) is 0 Å². The SMILES string of the molecule is CCNCCC(Oc1ccccc1CCN1CCCC1)c1cccs1. The lowest BCUT2D eigenvalue weighted by Gasteiger charge is -2.21. The maximum atomic E-state index is 6.50. The summed E-state index contributed by atoms with van der Waals surface area (Å²) in [5.41, 5.74) is 1.33. The summed E-state index contributed by atoms with van der Waals surface area (Å²) >= 11 is 1.79. The predicted octanol–water partition coefficient (Wildman–Crippen LogP) is 4.51. The lowest BCUT2D eigenvalue weighted by molar-refractivity contribution is 0.195. The van der Waals surface area contributed by atoms with Crippen LogP contribution in [0.15, 0.2) is 41.8 Å². The van der Waals surface area contributed by atoms with Gasteiger partial charge >= 0.3 is 0 Å². The van der Waals surface area contributed by atoms with Crippen LogP contribution in [-0.4, -0.2) is 37.6 Å². The molecule has 0 saturated carbocycles. The van der Waals surface area contributed by atoms with E-state index in [0.29, 0.717) is 0 Å². The molecule has 1 aromatic carbocycles. The molecule has 1 aromatic heterocycles. The summed E-state index contributed by atoms with van der Waals surface area (Å²) in [4.78, 5) is 3.88. The summed E-state index contributed by atoms with van der Waals surface area (Å²) in [6, 6.07) is 12.9. The normalized spacial score (nSPS) is 16.2. The molecule has 25 heavy (non-hydrogen) atoms. The van der Waals surface area contributed by atoms with Gasteiger partial charge in [-0.05, 0) is 68.5 Å². The highest BCUT2D eigenvalue weighted by Crippen LogP contribution is 2.30. The van der Waals surface area contributed by atoms with Crippen LogP contribution in [-0.2, 0) is 6.42 Å². The van der Waals surface area contributed by atoms with Crippen LogP contribution in [0, 0.1) is 0 Å². The van der Waals surface area contributed by atoms with E-state index in [2.05, 4.69) is 58.9 Å². The Morgan fingerprint density at radius 3 is 2.76 bits per heavy atom. The molecule has 1 fully saturated rings. The third-order valence-electron chi connectivity index (χ3n) is 4.83. The number of hydrogen-bond acceptors (Lipinski definition) is 4. The molecule has 0 bridgehead atoms. The molecule has 2 aromatic rings. The van der Waals surface area contributed by atoms with E-state index in [1.807, 2.05) is 0 Å². The summed E-state index contributed by atoms with van der Waals surface area (Å²) < 4.78 is 6.50. The molecular formula is C21H30N2OS. The van der Waals surface area contributed by atoms with Gasteiger partial charge in [0.2, 0.25) is 0 Å². The van der Waals surface area contributed by atoms with E-state index in [-0.39, 0.29) is 6.10 Å². The molecule has 1 aliphatic heterocycles. The van der Waals surface area contributed by atoms with Crippen LogP contribution < -0.4 is 10.1 Å². The molecule has 1 atom stereocenters. The molecule has 1 aliphatic rings. The number of nitrogens with one attached hydrogen (secondary N) is 1. The Hall–Kier alpha value is -1.36. The van der Waals surface area contributed by atoms with Crippen molar-refractivity contribution in [2.75, 3.05) is 32.7 Å². The zero-order valence-electron chi connectivity index (χ0n) is 15.2. The van der Waals surface area contributed by atoms with Gasteiger partial charge in [0.15, 0.2) is 0 Å². The number of rotatable bonds is 10. The highest BCUT2D eigenvalue weighted by atomic mass is 32.1. The minimum atomic E-state index is 0.131. The number of ether oxygens (including phenoxy) is 1. The number of thiophene rings is 1. The number of hydrogen-bond donors (Lipinski definition) is 1. The average Bonchev–Trinajstić information content (AvgIpc) is 3.34. The number of nitrogens with zero attached hydrogens (tertiary/aromatic N) is 1. The molecular weight excluding hydrogens is 328 g/mol. The third kappa shape index (κ3) is 5.56. The molecule has 1 N–H and O–H groups in total. The molecule has 2 heterocycles. The van der Waals surface area contributed by atoms with Crippen molar-refractivity contribution < 1.29 is 4.74 Å². The van der Waals surface area contributed by atoms with Crippen molar-refractivity contribution in [3.8, 4) is 5.75 Å². The molecule has 0 spiro atoms. The molecule has 1 saturated heterocycles. The molecule has 0 aliphatic carbocycles. The van der Waals surface area contributed by atoms with Crippen LogP contribution >= 0.6 is 11.3 Å². The van der Waals surface area contributed by atoms with Gasteiger partial charge in [0.25, 0.3) is 0 Å². The Balaban J connectivity index is 1.66. The first-order chi connectivity index (χ1) is 12.4. The lowest BCUT2D eigenvalue weighted by atomic mass is 10.1. The van der Waals surface area contributed by atoms with Crippen molar-refractivity contribution in [1.82, 2.24) is 10.2 Å². The molecule has 4 heteroatoms. The van der Waals surface area contributed by atoms with E-state index in [0.717, 1.165) is 38.2 Å². The fourth-order valence-corrected chi connectivity index (χ4v) is 4.20. The van der Waals surface area contributed by atoms with Gasteiger partial charge in [0, 0.05) is 17.8 Å². The van der Waals surface area contributed by atoms with Crippen LogP contribution in [0.2, 0.25) is 0 Å². The fourth-order valence-electron chi connectivity index (χ4n) is 3.41. The van der Waals surface area contributed by atoms with Gasteiger partial charge in [-0.15, -0.1) is 11.3 Å². The summed E-state index contributed by atoms with van der Waals surface area (Å²) in [7, 11) is 0. The van der Waals surface area contributed by atoms with Crippen molar-refractivity contribution in [2.24, 2.45) is 0 Å². The van der Waals surface area contributed by atoms with Crippen molar-refractivity contribution in [3.63, 3.8) is 0 Å². The van der Waals surface area contributed by atoms with E-state index in [1.54, 1.807) is 11.3 Å². The average molecular weight is 359 g/mol. The van der Waals surface area contributed by atoms with Crippen LogP contribution in [0.3, 0.4) is 0 Å². The summed E-state index contributed by atoms with van der Waals surface area (Å²) in [5.74, 6) is 1.05. The minimum absolute atomic E-state index is 0.131. The topological polar surface area (TPSA) is 24.5 Å². The predicted molar refractivity (Wildman–Crippen MR) is 107 cm³/mol. The van der Waals surface area contributed by atoms with Crippen LogP contribution in [0.25, 0.3) is 0 Å².